The van der Waals surface area contributed by atoms with Crippen LogP contribution in [0, 0.1) is 0 Å². The van der Waals surface area contributed by atoms with E-state index in [1.807, 2.05) is 42.5 Å². The van der Waals surface area contributed by atoms with Crippen LogP contribution in [-0.4, -0.2) is 67.3 Å². The highest BCUT2D eigenvalue weighted by atomic mass is 28.3. The zero-order valence-corrected chi connectivity index (χ0v) is 18.3. The van der Waals surface area contributed by atoms with Gasteiger partial charge in [0.15, 0.2) is 6.29 Å². The summed E-state index contributed by atoms with van der Waals surface area (Å²) < 4.78 is 17.2. The van der Waals surface area contributed by atoms with Crippen LogP contribution in [0.3, 0.4) is 0 Å². The summed E-state index contributed by atoms with van der Waals surface area (Å²) in [6.45, 7) is 7.03. The molecule has 5 atom stereocenters. The molecule has 0 bridgehead atoms. The molecule has 1 aliphatic heterocycles. The van der Waals surface area contributed by atoms with Gasteiger partial charge >= 0.3 is 0 Å². The van der Waals surface area contributed by atoms with E-state index in [2.05, 4.69) is 19.6 Å². The molecule has 2 aromatic rings. The van der Waals surface area contributed by atoms with E-state index in [4.69, 9.17) is 14.2 Å². The Kier molecular flexibility index (Phi) is 7.45. The van der Waals surface area contributed by atoms with Gasteiger partial charge < -0.3 is 29.5 Å². The number of hydrogen-bond donors (Lipinski definition) is 3. The van der Waals surface area contributed by atoms with E-state index in [1.54, 1.807) is 0 Å². The first-order valence-corrected chi connectivity index (χ1v) is 13.8. The average Bonchev–Trinajstić information content (AvgIpc) is 2.68. The lowest BCUT2D eigenvalue weighted by Gasteiger charge is -2.41. The van der Waals surface area contributed by atoms with Crippen molar-refractivity contribution in [2.45, 2.75) is 63.0 Å². The molecule has 1 fully saturated rings. The van der Waals surface area contributed by atoms with E-state index in [0.717, 1.165) is 22.4 Å². The molecule has 3 rings (SSSR count). The normalized spacial score (nSPS) is 28.0. The van der Waals surface area contributed by atoms with Gasteiger partial charge in [0.05, 0.1) is 13.2 Å². The fraction of sp³-hybridized carbons (Fsp3) is 0.545. The molecule has 29 heavy (non-hydrogen) atoms. The predicted octanol–water partition coefficient (Wildman–Crippen LogP) is 2.52. The molecule has 0 radical (unpaired) electrons. The van der Waals surface area contributed by atoms with Crippen LogP contribution < -0.4 is 0 Å². The maximum absolute atomic E-state index is 10.7. The van der Waals surface area contributed by atoms with Crippen molar-refractivity contribution in [3.8, 4) is 0 Å². The topological polar surface area (TPSA) is 88.4 Å². The number of benzene rings is 2. The molecule has 1 aliphatic rings. The molecule has 7 heteroatoms. The Labute approximate surface area is 173 Å². The van der Waals surface area contributed by atoms with Gasteiger partial charge in [0.1, 0.15) is 24.4 Å². The van der Waals surface area contributed by atoms with Gasteiger partial charge in [0.25, 0.3) is 0 Å². The molecule has 160 valence electrons. The van der Waals surface area contributed by atoms with Gasteiger partial charge in [-0.1, -0.05) is 56.0 Å². The Bertz CT molecular complexity index is 792. The van der Waals surface area contributed by atoms with Crippen LogP contribution in [-0.2, 0) is 20.8 Å². The highest BCUT2D eigenvalue weighted by Gasteiger charge is 2.45. The fourth-order valence-electron chi connectivity index (χ4n) is 3.39. The lowest BCUT2D eigenvalue weighted by molar-refractivity contribution is -0.308. The smallest absolute Gasteiger partial charge is 0.186 e. The second kappa shape index (κ2) is 9.66. The van der Waals surface area contributed by atoms with Gasteiger partial charge in [-0.25, -0.2) is 0 Å². The SMILES string of the molecule is C[Si](C)(C)CCO[C@@H]1O[C@H](CO)[C@H](O)[C@H](OCc2ccc3ccccc3c2)[C@H]1O. The van der Waals surface area contributed by atoms with Crippen LogP contribution in [0.1, 0.15) is 5.56 Å². The lowest BCUT2D eigenvalue weighted by atomic mass is 9.99. The number of fused-ring (bicyclic) bond motifs is 1. The van der Waals surface area contributed by atoms with E-state index >= 15 is 0 Å². The molecule has 0 amide bonds. The molecule has 0 aliphatic carbocycles. The third-order valence-electron chi connectivity index (χ3n) is 5.21. The molecular formula is C22H32O6Si. The predicted molar refractivity (Wildman–Crippen MR) is 114 cm³/mol. The van der Waals surface area contributed by atoms with E-state index in [1.165, 1.54) is 0 Å². The molecule has 6 nitrogen and oxygen atoms in total. The molecule has 3 N–H and O–H groups in total. The van der Waals surface area contributed by atoms with Crippen LogP contribution in [0.15, 0.2) is 42.5 Å². The molecule has 0 aromatic heterocycles. The van der Waals surface area contributed by atoms with Crippen molar-refractivity contribution in [2.24, 2.45) is 0 Å². The van der Waals surface area contributed by atoms with Crippen molar-refractivity contribution in [3.05, 3.63) is 48.0 Å². The summed E-state index contributed by atoms with van der Waals surface area (Å²) in [6.07, 6.45) is -5.00. The number of aliphatic hydroxyl groups excluding tert-OH is 3. The minimum atomic E-state index is -1.29. The van der Waals surface area contributed by atoms with Gasteiger partial charge in [0, 0.05) is 14.7 Å². The van der Waals surface area contributed by atoms with E-state index in [0.29, 0.717) is 6.61 Å². The molecule has 1 heterocycles. The van der Waals surface area contributed by atoms with E-state index < -0.39 is 38.8 Å². The van der Waals surface area contributed by atoms with Gasteiger partial charge in [-0.15, -0.1) is 0 Å². The molecule has 0 spiro atoms. The molecule has 0 unspecified atom stereocenters. The Morgan fingerprint density at radius 1 is 0.966 bits per heavy atom. The minimum Gasteiger partial charge on any atom is -0.394 e. The molecular weight excluding hydrogens is 388 g/mol. The van der Waals surface area contributed by atoms with E-state index in [-0.39, 0.29) is 13.2 Å². The quantitative estimate of drug-likeness (QED) is 0.569. The maximum Gasteiger partial charge on any atom is 0.186 e. The highest BCUT2D eigenvalue weighted by molar-refractivity contribution is 6.76. The third-order valence-corrected chi connectivity index (χ3v) is 6.92. The zero-order valence-electron chi connectivity index (χ0n) is 17.3. The van der Waals surface area contributed by atoms with Gasteiger partial charge in [-0.05, 0) is 28.4 Å². The fourth-order valence-corrected chi connectivity index (χ4v) is 4.12. The Hall–Kier alpha value is -1.32. The van der Waals surface area contributed by atoms with Gasteiger partial charge in [0.2, 0.25) is 0 Å². The minimum absolute atomic E-state index is 0.226. The Morgan fingerprint density at radius 3 is 2.38 bits per heavy atom. The Balaban J connectivity index is 1.65. The van der Waals surface area contributed by atoms with Crippen LogP contribution in [0.5, 0.6) is 0 Å². The summed E-state index contributed by atoms with van der Waals surface area (Å²) >= 11 is 0. The largest absolute Gasteiger partial charge is 0.394 e. The second-order valence-electron chi connectivity index (χ2n) is 8.85. The monoisotopic (exact) mass is 420 g/mol. The van der Waals surface area contributed by atoms with Crippen molar-refractivity contribution >= 4 is 18.8 Å². The van der Waals surface area contributed by atoms with Crippen molar-refractivity contribution in [1.82, 2.24) is 0 Å². The first kappa shape index (κ1) is 22.4. The number of hydrogen-bond acceptors (Lipinski definition) is 6. The second-order valence-corrected chi connectivity index (χ2v) is 14.5. The standard InChI is InChI=1S/C22H32O6Si/c1-29(2,3)11-10-26-22-20(25)21(19(24)18(13-23)28-22)27-14-15-8-9-16-6-4-5-7-17(16)12-15/h4-9,12,18-25H,10-11,13-14H2,1-3H3/t18-,19+,20-,21+,22-/m1/s1. The van der Waals surface area contributed by atoms with Crippen LogP contribution in [0.4, 0.5) is 0 Å². The summed E-state index contributed by atoms with van der Waals surface area (Å²) in [7, 11) is -1.29. The summed E-state index contributed by atoms with van der Waals surface area (Å²) in [5, 5.41) is 33.0. The van der Waals surface area contributed by atoms with Crippen molar-refractivity contribution < 1.29 is 29.5 Å². The number of rotatable bonds is 8. The van der Waals surface area contributed by atoms with Crippen LogP contribution in [0.25, 0.3) is 10.8 Å². The maximum atomic E-state index is 10.7. The number of ether oxygens (including phenoxy) is 3. The van der Waals surface area contributed by atoms with Crippen molar-refractivity contribution in [3.63, 3.8) is 0 Å². The third kappa shape index (κ3) is 5.85. The Morgan fingerprint density at radius 2 is 1.69 bits per heavy atom. The van der Waals surface area contributed by atoms with Crippen molar-refractivity contribution in [1.29, 1.82) is 0 Å². The molecule has 0 saturated carbocycles. The summed E-state index contributed by atoms with van der Waals surface area (Å²) in [6, 6.07) is 15.0. The highest BCUT2D eigenvalue weighted by Crippen LogP contribution is 2.26. The summed E-state index contributed by atoms with van der Waals surface area (Å²) in [4.78, 5) is 0. The van der Waals surface area contributed by atoms with Crippen LogP contribution >= 0.6 is 0 Å². The van der Waals surface area contributed by atoms with Crippen LogP contribution in [0.2, 0.25) is 25.7 Å². The van der Waals surface area contributed by atoms with Gasteiger partial charge in [-0.3, -0.25) is 0 Å². The summed E-state index contributed by atoms with van der Waals surface area (Å²) in [5.41, 5.74) is 0.936. The lowest BCUT2D eigenvalue weighted by Crippen LogP contribution is -2.60. The summed E-state index contributed by atoms with van der Waals surface area (Å²) in [5.74, 6) is 0. The van der Waals surface area contributed by atoms with Gasteiger partial charge in [-0.2, -0.15) is 0 Å². The molecule has 2 aromatic carbocycles. The van der Waals surface area contributed by atoms with Crippen molar-refractivity contribution in [2.75, 3.05) is 13.2 Å². The first-order valence-electron chi connectivity index (χ1n) is 10.1. The number of aliphatic hydroxyl groups is 3. The van der Waals surface area contributed by atoms with E-state index in [9.17, 15) is 15.3 Å². The first-order chi connectivity index (χ1) is 13.8. The zero-order chi connectivity index (χ0) is 21.0. The average molecular weight is 421 g/mol. The molecule has 1 saturated heterocycles.